The monoisotopic (exact) mass is 267 g/mol. The predicted molar refractivity (Wildman–Crippen MR) is 51.5 cm³/mol. The van der Waals surface area contributed by atoms with E-state index in [0.29, 0.717) is 0 Å². The molecule has 0 heterocycles. The van der Waals surface area contributed by atoms with Crippen LogP contribution in [0.3, 0.4) is 0 Å². The maximum absolute atomic E-state index is 13.4. The Kier molecular flexibility index (Phi) is 3.55. The first-order valence-electron chi connectivity index (χ1n) is 4.02. The van der Waals surface area contributed by atoms with E-state index in [0.717, 1.165) is 6.07 Å². The molecule has 0 radical (unpaired) electrons. The normalized spacial score (nSPS) is 13.0. The second kappa shape index (κ2) is 4.31. The van der Waals surface area contributed by atoms with Gasteiger partial charge in [-0.15, -0.1) is 0 Å². The molecule has 0 aromatic heterocycles. The first-order chi connectivity index (χ1) is 6.49. The van der Waals surface area contributed by atoms with Crippen LogP contribution in [-0.2, 0) is 0 Å². The van der Waals surface area contributed by atoms with Crippen molar-refractivity contribution in [3.05, 3.63) is 33.6 Å². The summed E-state index contributed by atoms with van der Waals surface area (Å²) >= 11 is 2.81. The van der Waals surface area contributed by atoms with Gasteiger partial charge < -0.3 is 5.73 Å². The topological polar surface area (TPSA) is 26.0 Å². The van der Waals surface area contributed by atoms with E-state index in [2.05, 4.69) is 15.9 Å². The van der Waals surface area contributed by atoms with Crippen molar-refractivity contribution in [3.8, 4) is 0 Å². The SMILES string of the molecule is CC(CN)c1c(F)c(F)cc(Br)c1F. The maximum atomic E-state index is 13.4. The minimum Gasteiger partial charge on any atom is -0.330 e. The lowest BCUT2D eigenvalue weighted by atomic mass is 10.00. The van der Waals surface area contributed by atoms with Crippen molar-refractivity contribution in [1.82, 2.24) is 0 Å². The first kappa shape index (κ1) is 11.5. The van der Waals surface area contributed by atoms with Crippen molar-refractivity contribution in [2.24, 2.45) is 5.73 Å². The average Bonchev–Trinajstić information content (AvgIpc) is 2.15. The Labute approximate surface area is 88.2 Å². The third-order valence-electron chi connectivity index (χ3n) is 1.99. The fourth-order valence-electron chi connectivity index (χ4n) is 1.14. The lowest BCUT2D eigenvalue weighted by Crippen LogP contribution is -2.13. The summed E-state index contributed by atoms with van der Waals surface area (Å²) < 4.78 is 39.4. The van der Waals surface area contributed by atoms with Gasteiger partial charge in [0.2, 0.25) is 0 Å². The standard InChI is InChI=1S/C9H9BrF3N/c1-4(3-14)7-8(12)5(10)2-6(11)9(7)13/h2,4H,3,14H2,1H3. The predicted octanol–water partition coefficient (Wildman–Crippen LogP) is 2.93. The molecule has 0 aliphatic rings. The van der Waals surface area contributed by atoms with Gasteiger partial charge in [0.1, 0.15) is 5.82 Å². The van der Waals surface area contributed by atoms with Crippen LogP contribution in [-0.4, -0.2) is 6.54 Å². The Morgan fingerprint density at radius 1 is 1.36 bits per heavy atom. The highest BCUT2D eigenvalue weighted by molar-refractivity contribution is 9.10. The third kappa shape index (κ3) is 1.93. The van der Waals surface area contributed by atoms with Gasteiger partial charge in [-0.1, -0.05) is 6.92 Å². The average molecular weight is 268 g/mol. The molecule has 0 saturated heterocycles. The second-order valence-electron chi connectivity index (χ2n) is 3.02. The molecule has 1 atom stereocenters. The number of rotatable bonds is 2. The zero-order valence-electron chi connectivity index (χ0n) is 7.45. The minimum absolute atomic E-state index is 0.0593. The molecule has 5 heteroatoms. The van der Waals surface area contributed by atoms with Crippen molar-refractivity contribution in [3.63, 3.8) is 0 Å². The summed E-state index contributed by atoms with van der Waals surface area (Å²) in [4.78, 5) is 0. The summed E-state index contributed by atoms with van der Waals surface area (Å²) in [6.07, 6.45) is 0. The maximum Gasteiger partial charge on any atom is 0.165 e. The molecule has 14 heavy (non-hydrogen) atoms. The quantitative estimate of drug-likeness (QED) is 0.820. The summed E-state index contributed by atoms with van der Waals surface area (Å²) in [6, 6.07) is 0.761. The molecular weight excluding hydrogens is 259 g/mol. The lowest BCUT2D eigenvalue weighted by Gasteiger charge is -2.12. The smallest absolute Gasteiger partial charge is 0.165 e. The summed E-state index contributed by atoms with van der Waals surface area (Å²) in [5.41, 5.74) is 4.96. The van der Waals surface area contributed by atoms with E-state index in [4.69, 9.17) is 5.73 Å². The van der Waals surface area contributed by atoms with Crippen LogP contribution in [0, 0.1) is 17.5 Å². The lowest BCUT2D eigenvalue weighted by molar-refractivity contribution is 0.466. The second-order valence-corrected chi connectivity index (χ2v) is 3.87. The molecule has 2 N–H and O–H groups in total. The summed E-state index contributed by atoms with van der Waals surface area (Å²) in [5, 5.41) is 0. The fraction of sp³-hybridized carbons (Fsp3) is 0.333. The molecule has 0 aliphatic carbocycles. The zero-order chi connectivity index (χ0) is 10.9. The number of nitrogens with two attached hydrogens (primary N) is 1. The van der Waals surface area contributed by atoms with Crippen LogP contribution in [0.5, 0.6) is 0 Å². The molecular formula is C9H9BrF3N. The Balaban J connectivity index is 3.39. The number of hydrogen-bond donors (Lipinski definition) is 1. The van der Waals surface area contributed by atoms with E-state index < -0.39 is 23.4 Å². The van der Waals surface area contributed by atoms with Crippen molar-refractivity contribution in [1.29, 1.82) is 0 Å². The molecule has 1 aromatic carbocycles. The van der Waals surface area contributed by atoms with E-state index in [1.807, 2.05) is 0 Å². The third-order valence-corrected chi connectivity index (χ3v) is 2.57. The Hall–Kier alpha value is -0.550. The van der Waals surface area contributed by atoms with Gasteiger partial charge in [0.25, 0.3) is 0 Å². The van der Waals surface area contributed by atoms with E-state index in [9.17, 15) is 13.2 Å². The minimum atomic E-state index is -1.16. The highest BCUT2D eigenvalue weighted by atomic mass is 79.9. The van der Waals surface area contributed by atoms with Crippen LogP contribution in [0.15, 0.2) is 10.5 Å². The highest BCUT2D eigenvalue weighted by Crippen LogP contribution is 2.29. The molecule has 0 saturated carbocycles. The fourth-order valence-corrected chi connectivity index (χ4v) is 1.56. The van der Waals surface area contributed by atoms with Gasteiger partial charge in [0.05, 0.1) is 4.47 Å². The largest absolute Gasteiger partial charge is 0.330 e. The van der Waals surface area contributed by atoms with Crippen molar-refractivity contribution in [2.45, 2.75) is 12.8 Å². The van der Waals surface area contributed by atoms with Crippen molar-refractivity contribution < 1.29 is 13.2 Å². The van der Waals surface area contributed by atoms with Gasteiger partial charge in [-0.2, -0.15) is 0 Å². The van der Waals surface area contributed by atoms with Gasteiger partial charge in [-0.3, -0.25) is 0 Å². The van der Waals surface area contributed by atoms with E-state index in [1.54, 1.807) is 0 Å². The number of hydrogen-bond acceptors (Lipinski definition) is 1. The van der Waals surface area contributed by atoms with Crippen molar-refractivity contribution >= 4 is 15.9 Å². The van der Waals surface area contributed by atoms with E-state index >= 15 is 0 Å². The first-order valence-corrected chi connectivity index (χ1v) is 4.81. The van der Waals surface area contributed by atoms with Gasteiger partial charge in [-0.25, -0.2) is 13.2 Å². The van der Waals surface area contributed by atoms with Gasteiger partial charge in [-0.05, 0) is 34.5 Å². The summed E-state index contributed by atoms with van der Waals surface area (Å²) in [6.45, 7) is 1.59. The van der Waals surface area contributed by atoms with E-state index in [1.165, 1.54) is 6.92 Å². The van der Waals surface area contributed by atoms with Crippen LogP contribution in [0.4, 0.5) is 13.2 Å². The number of halogens is 4. The molecule has 0 fully saturated rings. The van der Waals surface area contributed by atoms with E-state index in [-0.39, 0.29) is 16.6 Å². The summed E-state index contributed by atoms with van der Waals surface area (Å²) in [5.74, 6) is -3.58. The van der Waals surface area contributed by atoms with Crippen LogP contribution < -0.4 is 5.73 Å². The molecule has 1 nitrogen and oxygen atoms in total. The van der Waals surface area contributed by atoms with Crippen LogP contribution in [0.1, 0.15) is 18.4 Å². The molecule has 1 unspecified atom stereocenters. The molecule has 0 bridgehead atoms. The molecule has 0 spiro atoms. The summed E-state index contributed by atoms with van der Waals surface area (Å²) in [7, 11) is 0. The van der Waals surface area contributed by atoms with Crippen LogP contribution in [0.25, 0.3) is 0 Å². The molecule has 0 aliphatic heterocycles. The van der Waals surface area contributed by atoms with Gasteiger partial charge in [0, 0.05) is 5.56 Å². The molecule has 78 valence electrons. The zero-order valence-corrected chi connectivity index (χ0v) is 9.04. The Morgan fingerprint density at radius 2 is 1.93 bits per heavy atom. The van der Waals surface area contributed by atoms with Crippen LogP contribution >= 0.6 is 15.9 Å². The highest BCUT2D eigenvalue weighted by Gasteiger charge is 2.21. The van der Waals surface area contributed by atoms with Crippen LogP contribution in [0.2, 0.25) is 0 Å². The Bertz CT molecular complexity index is 328. The van der Waals surface area contributed by atoms with Gasteiger partial charge in [0.15, 0.2) is 11.6 Å². The molecule has 0 amide bonds. The molecule has 1 rings (SSSR count). The number of benzene rings is 1. The molecule has 1 aromatic rings. The Morgan fingerprint density at radius 3 is 2.43 bits per heavy atom. The van der Waals surface area contributed by atoms with Gasteiger partial charge >= 0.3 is 0 Å². The van der Waals surface area contributed by atoms with Crippen molar-refractivity contribution in [2.75, 3.05) is 6.54 Å².